The second-order valence-electron chi connectivity index (χ2n) is 3.52. The molecular formula is C10H7Cl3N2O2S. The first-order valence-corrected chi connectivity index (χ1v) is 7.84. The summed E-state index contributed by atoms with van der Waals surface area (Å²) in [5.74, 6) is 0. The van der Waals surface area contributed by atoms with E-state index in [9.17, 15) is 8.42 Å². The Bertz CT molecular complexity index is 682. The fourth-order valence-corrected chi connectivity index (χ4v) is 2.44. The molecule has 0 atom stereocenters. The molecule has 0 amide bonds. The van der Waals surface area contributed by atoms with Gasteiger partial charge in [0.05, 0.1) is 22.8 Å². The molecule has 1 aromatic heterocycles. The van der Waals surface area contributed by atoms with E-state index in [1.165, 1.54) is 17.1 Å². The Morgan fingerprint density at radius 1 is 1.28 bits per heavy atom. The van der Waals surface area contributed by atoms with Gasteiger partial charge in [0.2, 0.25) is 0 Å². The molecule has 0 unspecified atom stereocenters. The topological polar surface area (TPSA) is 52.0 Å². The quantitative estimate of drug-likeness (QED) is 0.815. The van der Waals surface area contributed by atoms with Gasteiger partial charge in [-0.05, 0) is 11.6 Å². The van der Waals surface area contributed by atoms with Crippen molar-refractivity contribution in [2.45, 2.75) is 11.4 Å². The van der Waals surface area contributed by atoms with Crippen LogP contribution in [0.2, 0.25) is 10.0 Å². The van der Waals surface area contributed by atoms with E-state index >= 15 is 0 Å². The zero-order chi connectivity index (χ0) is 13.3. The highest BCUT2D eigenvalue weighted by Crippen LogP contribution is 2.26. The van der Waals surface area contributed by atoms with Crippen molar-refractivity contribution in [1.29, 1.82) is 0 Å². The Kier molecular flexibility index (Phi) is 3.87. The lowest BCUT2D eigenvalue weighted by atomic mass is 10.2. The summed E-state index contributed by atoms with van der Waals surface area (Å²) in [6.07, 6.45) is 2.51. The molecule has 0 fully saturated rings. The first-order chi connectivity index (χ1) is 8.38. The van der Waals surface area contributed by atoms with Gasteiger partial charge in [0.15, 0.2) is 0 Å². The molecule has 1 heterocycles. The van der Waals surface area contributed by atoms with Crippen LogP contribution < -0.4 is 0 Å². The number of aromatic nitrogens is 2. The highest BCUT2D eigenvalue weighted by atomic mass is 35.7. The smallest absolute Gasteiger partial charge is 0.264 e. The van der Waals surface area contributed by atoms with E-state index < -0.39 is 9.05 Å². The maximum absolute atomic E-state index is 11.1. The van der Waals surface area contributed by atoms with Crippen molar-refractivity contribution >= 4 is 42.9 Å². The molecule has 2 aromatic rings. The summed E-state index contributed by atoms with van der Waals surface area (Å²) < 4.78 is 23.6. The monoisotopic (exact) mass is 324 g/mol. The van der Waals surface area contributed by atoms with E-state index in [-0.39, 0.29) is 4.90 Å². The molecule has 0 saturated carbocycles. The molecule has 0 saturated heterocycles. The maximum atomic E-state index is 11.1. The predicted octanol–water partition coefficient (Wildman–Crippen LogP) is 3.17. The molecule has 0 radical (unpaired) electrons. The van der Waals surface area contributed by atoms with Gasteiger partial charge < -0.3 is 0 Å². The molecule has 96 valence electrons. The van der Waals surface area contributed by atoms with E-state index in [1.807, 2.05) is 0 Å². The molecular weight excluding hydrogens is 319 g/mol. The molecule has 0 aliphatic heterocycles. The normalized spacial score (nSPS) is 11.7. The van der Waals surface area contributed by atoms with Gasteiger partial charge in [0, 0.05) is 16.9 Å². The zero-order valence-corrected chi connectivity index (χ0v) is 11.9. The number of benzene rings is 1. The van der Waals surface area contributed by atoms with Crippen LogP contribution in [-0.2, 0) is 15.6 Å². The second-order valence-corrected chi connectivity index (χ2v) is 6.88. The average molecular weight is 326 g/mol. The molecule has 0 bridgehead atoms. The number of hydrogen-bond acceptors (Lipinski definition) is 3. The predicted molar refractivity (Wildman–Crippen MR) is 70.8 cm³/mol. The Morgan fingerprint density at radius 3 is 2.61 bits per heavy atom. The SMILES string of the molecule is O=S(=O)(Cl)c1cnn(Cc2cccc(Cl)c2Cl)c1. The molecule has 4 nitrogen and oxygen atoms in total. The third-order valence-electron chi connectivity index (χ3n) is 2.26. The first-order valence-electron chi connectivity index (χ1n) is 4.78. The van der Waals surface area contributed by atoms with Crippen LogP contribution in [-0.4, -0.2) is 18.2 Å². The third kappa shape index (κ3) is 2.98. The lowest BCUT2D eigenvalue weighted by Gasteiger charge is -2.05. The summed E-state index contributed by atoms with van der Waals surface area (Å²) in [6.45, 7) is 0.311. The summed E-state index contributed by atoms with van der Waals surface area (Å²) in [4.78, 5) is -0.0534. The van der Waals surface area contributed by atoms with Gasteiger partial charge >= 0.3 is 0 Å². The summed E-state index contributed by atoms with van der Waals surface area (Å²) in [5.41, 5.74) is 0.741. The highest BCUT2D eigenvalue weighted by molar-refractivity contribution is 8.13. The Balaban J connectivity index is 2.30. The average Bonchev–Trinajstić information content (AvgIpc) is 2.73. The van der Waals surface area contributed by atoms with Gasteiger partial charge in [-0.25, -0.2) is 8.42 Å². The summed E-state index contributed by atoms with van der Waals surface area (Å²) >= 11 is 11.9. The number of rotatable bonds is 3. The van der Waals surface area contributed by atoms with Crippen molar-refractivity contribution in [2.75, 3.05) is 0 Å². The molecule has 8 heteroatoms. The van der Waals surface area contributed by atoms with Gasteiger partial charge in [0.25, 0.3) is 9.05 Å². The summed E-state index contributed by atoms with van der Waals surface area (Å²) in [6, 6.07) is 5.21. The van der Waals surface area contributed by atoms with Gasteiger partial charge in [-0.2, -0.15) is 5.10 Å². The Hall–Kier alpha value is -0.750. The van der Waals surface area contributed by atoms with Crippen molar-refractivity contribution in [3.05, 3.63) is 46.2 Å². The van der Waals surface area contributed by atoms with Crippen LogP contribution in [0.15, 0.2) is 35.5 Å². The summed E-state index contributed by atoms with van der Waals surface area (Å²) in [7, 11) is 1.44. The van der Waals surface area contributed by atoms with Gasteiger partial charge in [-0.3, -0.25) is 4.68 Å². The van der Waals surface area contributed by atoms with Gasteiger partial charge in [-0.15, -0.1) is 0 Å². The van der Waals surface area contributed by atoms with Crippen LogP contribution in [0.25, 0.3) is 0 Å². The second kappa shape index (κ2) is 5.09. The maximum Gasteiger partial charge on any atom is 0.264 e. The van der Waals surface area contributed by atoms with Crippen LogP contribution in [0.5, 0.6) is 0 Å². The molecule has 0 spiro atoms. The van der Waals surface area contributed by atoms with Crippen molar-refractivity contribution < 1.29 is 8.42 Å². The van der Waals surface area contributed by atoms with E-state index in [4.69, 9.17) is 33.9 Å². The van der Waals surface area contributed by atoms with Gasteiger partial charge in [-0.1, -0.05) is 35.3 Å². The number of halogens is 3. The molecule has 0 N–H and O–H groups in total. The number of nitrogens with zero attached hydrogens (tertiary/aromatic N) is 2. The minimum Gasteiger partial charge on any atom is -0.267 e. The van der Waals surface area contributed by atoms with Crippen LogP contribution in [0.1, 0.15) is 5.56 Å². The van der Waals surface area contributed by atoms with Crippen molar-refractivity contribution in [3.8, 4) is 0 Å². The van der Waals surface area contributed by atoms with Crippen LogP contribution >= 0.6 is 33.9 Å². The van der Waals surface area contributed by atoms with Crippen molar-refractivity contribution in [3.63, 3.8) is 0 Å². The third-order valence-corrected chi connectivity index (χ3v) is 4.42. The van der Waals surface area contributed by atoms with E-state index in [1.54, 1.807) is 18.2 Å². The Labute approximate surface area is 118 Å². The highest BCUT2D eigenvalue weighted by Gasteiger charge is 2.13. The molecule has 2 rings (SSSR count). The van der Waals surface area contributed by atoms with Gasteiger partial charge in [0.1, 0.15) is 4.90 Å². The van der Waals surface area contributed by atoms with Crippen LogP contribution in [0, 0.1) is 0 Å². The Morgan fingerprint density at radius 2 is 2.00 bits per heavy atom. The van der Waals surface area contributed by atoms with E-state index in [0.29, 0.717) is 16.6 Å². The zero-order valence-electron chi connectivity index (χ0n) is 8.85. The lowest BCUT2D eigenvalue weighted by molar-refractivity contribution is 0.609. The van der Waals surface area contributed by atoms with Crippen LogP contribution in [0.4, 0.5) is 0 Å². The van der Waals surface area contributed by atoms with Crippen molar-refractivity contribution in [2.24, 2.45) is 0 Å². The van der Waals surface area contributed by atoms with E-state index in [0.717, 1.165) is 5.56 Å². The lowest BCUT2D eigenvalue weighted by Crippen LogP contribution is -2.00. The van der Waals surface area contributed by atoms with Crippen LogP contribution in [0.3, 0.4) is 0 Å². The summed E-state index contributed by atoms with van der Waals surface area (Å²) in [5, 5.41) is 4.76. The molecule has 0 aliphatic rings. The molecule has 1 aromatic carbocycles. The number of hydrogen-bond donors (Lipinski definition) is 0. The molecule has 0 aliphatic carbocycles. The minimum absolute atomic E-state index is 0.0534. The fourth-order valence-electron chi connectivity index (χ4n) is 1.40. The first kappa shape index (κ1) is 13.7. The standard InChI is InChI=1S/C10H7Cl3N2O2S/c11-9-3-1-2-7(10(9)12)5-15-6-8(4-14-15)18(13,16)17/h1-4,6H,5H2. The largest absolute Gasteiger partial charge is 0.267 e. The van der Waals surface area contributed by atoms with Crippen molar-refractivity contribution in [1.82, 2.24) is 9.78 Å². The fraction of sp³-hybridized carbons (Fsp3) is 0.100. The van der Waals surface area contributed by atoms with E-state index in [2.05, 4.69) is 5.10 Å². The minimum atomic E-state index is -3.76. The molecule has 18 heavy (non-hydrogen) atoms.